The van der Waals surface area contributed by atoms with Gasteiger partial charge in [0.15, 0.2) is 0 Å². The molecular formula is C16H28O. The molecule has 0 bridgehead atoms. The topological polar surface area (TPSA) is 20.2 Å². The number of aliphatic hydroxyl groups is 1. The summed E-state index contributed by atoms with van der Waals surface area (Å²) in [5.41, 5.74) is 0.572. The van der Waals surface area contributed by atoms with Gasteiger partial charge in [0, 0.05) is 0 Å². The molecule has 0 saturated heterocycles. The Morgan fingerprint density at radius 1 is 1.00 bits per heavy atom. The summed E-state index contributed by atoms with van der Waals surface area (Å²) in [5.74, 6) is 3.77. The van der Waals surface area contributed by atoms with E-state index in [4.69, 9.17) is 0 Å². The van der Waals surface area contributed by atoms with E-state index in [-0.39, 0.29) is 6.10 Å². The Balaban J connectivity index is 1.80. The number of fused-ring (bicyclic) bond motifs is 3. The highest BCUT2D eigenvalue weighted by Gasteiger charge is 2.51. The summed E-state index contributed by atoms with van der Waals surface area (Å²) >= 11 is 0. The fourth-order valence-corrected chi connectivity index (χ4v) is 5.43. The lowest BCUT2D eigenvalue weighted by Crippen LogP contribution is -2.49. The lowest BCUT2D eigenvalue weighted by molar-refractivity contribution is -0.0896. The van der Waals surface area contributed by atoms with Crippen molar-refractivity contribution in [1.82, 2.24) is 0 Å². The average Bonchev–Trinajstić information content (AvgIpc) is 2.30. The van der Waals surface area contributed by atoms with Crippen molar-refractivity contribution in [3.63, 3.8) is 0 Å². The maximum absolute atomic E-state index is 9.90. The third-order valence-electron chi connectivity index (χ3n) is 6.48. The molecule has 0 spiro atoms. The highest BCUT2D eigenvalue weighted by Crippen LogP contribution is 2.59. The van der Waals surface area contributed by atoms with E-state index in [1.165, 1.54) is 38.5 Å². The van der Waals surface area contributed by atoms with Gasteiger partial charge in [-0.25, -0.2) is 0 Å². The van der Waals surface area contributed by atoms with Crippen LogP contribution < -0.4 is 0 Å². The minimum atomic E-state index is 0.00661. The maximum atomic E-state index is 9.90. The zero-order valence-corrected chi connectivity index (χ0v) is 11.5. The van der Waals surface area contributed by atoms with Gasteiger partial charge < -0.3 is 5.11 Å². The predicted molar refractivity (Wildman–Crippen MR) is 70.7 cm³/mol. The van der Waals surface area contributed by atoms with Gasteiger partial charge in [0.25, 0.3) is 0 Å². The molecule has 3 aliphatic rings. The van der Waals surface area contributed by atoms with Gasteiger partial charge in [-0.3, -0.25) is 0 Å². The average molecular weight is 236 g/mol. The van der Waals surface area contributed by atoms with Crippen LogP contribution >= 0.6 is 0 Å². The Morgan fingerprint density at radius 3 is 2.65 bits per heavy atom. The third kappa shape index (κ3) is 1.95. The molecule has 98 valence electrons. The zero-order valence-electron chi connectivity index (χ0n) is 11.5. The van der Waals surface area contributed by atoms with Crippen LogP contribution in [0.2, 0.25) is 0 Å². The highest BCUT2D eigenvalue weighted by molar-refractivity contribution is 5.01. The summed E-state index contributed by atoms with van der Waals surface area (Å²) in [5, 5.41) is 9.90. The second-order valence-corrected chi connectivity index (χ2v) is 7.49. The van der Waals surface area contributed by atoms with Crippen molar-refractivity contribution in [2.45, 2.75) is 71.3 Å². The fraction of sp³-hybridized carbons (Fsp3) is 1.00. The lowest BCUT2D eigenvalue weighted by Gasteiger charge is -2.57. The van der Waals surface area contributed by atoms with Crippen LogP contribution in [-0.2, 0) is 0 Å². The van der Waals surface area contributed by atoms with E-state index in [0.29, 0.717) is 5.41 Å². The molecule has 3 rings (SSSR count). The molecule has 0 radical (unpaired) electrons. The summed E-state index contributed by atoms with van der Waals surface area (Å²) in [6.45, 7) is 4.99. The Labute approximate surface area is 106 Å². The minimum Gasteiger partial charge on any atom is -0.393 e. The van der Waals surface area contributed by atoms with Crippen molar-refractivity contribution in [3.8, 4) is 0 Å². The first kappa shape index (κ1) is 12.0. The molecule has 3 saturated carbocycles. The van der Waals surface area contributed by atoms with Crippen LogP contribution in [0.3, 0.4) is 0 Å². The molecule has 0 unspecified atom stereocenters. The van der Waals surface area contributed by atoms with Crippen molar-refractivity contribution in [1.29, 1.82) is 0 Å². The summed E-state index contributed by atoms with van der Waals surface area (Å²) in [6.07, 6.45) is 10.7. The van der Waals surface area contributed by atoms with Gasteiger partial charge in [-0.05, 0) is 74.0 Å². The van der Waals surface area contributed by atoms with Gasteiger partial charge in [-0.2, -0.15) is 0 Å². The van der Waals surface area contributed by atoms with Crippen LogP contribution in [0.1, 0.15) is 65.2 Å². The molecule has 0 aromatic carbocycles. The van der Waals surface area contributed by atoms with Crippen molar-refractivity contribution in [2.24, 2.45) is 29.1 Å². The van der Waals surface area contributed by atoms with Gasteiger partial charge in [-0.1, -0.05) is 20.3 Å². The second-order valence-electron chi connectivity index (χ2n) is 7.49. The van der Waals surface area contributed by atoms with Crippen molar-refractivity contribution >= 4 is 0 Å². The molecule has 0 aromatic heterocycles. The molecule has 0 heterocycles. The fourth-order valence-electron chi connectivity index (χ4n) is 5.43. The normalized spacial score (nSPS) is 54.9. The van der Waals surface area contributed by atoms with Gasteiger partial charge in [0.2, 0.25) is 0 Å². The van der Waals surface area contributed by atoms with Crippen LogP contribution in [0.15, 0.2) is 0 Å². The number of aliphatic hydroxyl groups excluding tert-OH is 1. The Hall–Kier alpha value is -0.0400. The first-order valence-electron chi connectivity index (χ1n) is 7.77. The number of hydrogen-bond acceptors (Lipinski definition) is 1. The number of rotatable bonds is 0. The van der Waals surface area contributed by atoms with Crippen LogP contribution in [-0.4, -0.2) is 11.2 Å². The standard InChI is InChI=1S/C16H28O/c1-11-3-6-15-12(9-11)4-5-13-10-14(17)7-8-16(13,15)2/h11-15,17H,3-10H2,1-2H3/t11-,12+,13-,14-,15+,16+/m1/s1. The zero-order chi connectivity index (χ0) is 12.0. The Morgan fingerprint density at radius 2 is 1.82 bits per heavy atom. The van der Waals surface area contributed by atoms with Crippen molar-refractivity contribution in [2.75, 3.05) is 0 Å². The Bertz CT molecular complexity index is 287. The van der Waals surface area contributed by atoms with Crippen LogP contribution in [0.5, 0.6) is 0 Å². The first-order valence-corrected chi connectivity index (χ1v) is 7.77. The van der Waals surface area contributed by atoms with Crippen LogP contribution in [0.25, 0.3) is 0 Å². The maximum Gasteiger partial charge on any atom is 0.0543 e. The number of hydrogen-bond donors (Lipinski definition) is 1. The van der Waals surface area contributed by atoms with E-state index in [2.05, 4.69) is 13.8 Å². The Kier molecular flexibility index (Phi) is 3.01. The SMILES string of the molecule is C[C@@H]1CC[C@H]2[C@@H](CC[C@@H]3C[C@H](O)CC[C@@]32C)C1. The molecule has 1 heteroatoms. The van der Waals surface area contributed by atoms with Gasteiger partial charge in [0.05, 0.1) is 6.10 Å². The minimum absolute atomic E-state index is 0.00661. The molecule has 0 aliphatic heterocycles. The van der Waals surface area contributed by atoms with E-state index >= 15 is 0 Å². The summed E-state index contributed by atoms with van der Waals surface area (Å²) in [7, 11) is 0. The largest absolute Gasteiger partial charge is 0.393 e. The third-order valence-corrected chi connectivity index (χ3v) is 6.48. The summed E-state index contributed by atoms with van der Waals surface area (Å²) < 4.78 is 0. The van der Waals surface area contributed by atoms with Crippen LogP contribution in [0, 0.1) is 29.1 Å². The molecule has 1 N–H and O–H groups in total. The smallest absolute Gasteiger partial charge is 0.0543 e. The predicted octanol–water partition coefficient (Wildman–Crippen LogP) is 4.00. The molecule has 6 atom stereocenters. The molecule has 0 amide bonds. The van der Waals surface area contributed by atoms with E-state index in [9.17, 15) is 5.11 Å². The van der Waals surface area contributed by atoms with E-state index in [0.717, 1.165) is 36.5 Å². The molecule has 3 fully saturated rings. The molecule has 3 aliphatic carbocycles. The quantitative estimate of drug-likeness (QED) is 0.674. The van der Waals surface area contributed by atoms with Crippen LogP contribution in [0.4, 0.5) is 0 Å². The van der Waals surface area contributed by atoms with Crippen molar-refractivity contribution in [3.05, 3.63) is 0 Å². The summed E-state index contributed by atoms with van der Waals surface area (Å²) in [4.78, 5) is 0. The second kappa shape index (κ2) is 4.26. The van der Waals surface area contributed by atoms with Crippen molar-refractivity contribution < 1.29 is 5.11 Å². The van der Waals surface area contributed by atoms with E-state index in [1.54, 1.807) is 0 Å². The summed E-state index contributed by atoms with van der Waals surface area (Å²) in [6, 6.07) is 0. The molecule has 1 nitrogen and oxygen atoms in total. The van der Waals surface area contributed by atoms with E-state index < -0.39 is 0 Å². The monoisotopic (exact) mass is 236 g/mol. The lowest BCUT2D eigenvalue weighted by atomic mass is 9.49. The van der Waals surface area contributed by atoms with Gasteiger partial charge in [0.1, 0.15) is 0 Å². The van der Waals surface area contributed by atoms with Gasteiger partial charge >= 0.3 is 0 Å². The molecule has 0 aromatic rings. The molecule has 17 heavy (non-hydrogen) atoms. The highest BCUT2D eigenvalue weighted by atomic mass is 16.3. The van der Waals surface area contributed by atoms with Gasteiger partial charge in [-0.15, -0.1) is 0 Å². The molecular weight excluding hydrogens is 208 g/mol. The van der Waals surface area contributed by atoms with E-state index in [1.807, 2.05) is 0 Å². The first-order chi connectivity index (χ1) is 8.09.